The minimum Gasteiger partial charge on any atom is -0.490 e. The molecule has 1 aliphatic rings. The highest BCUT2D eigenvalue weighted by Crippen LogP contribution is 2.18. The van der Waals surface area contributed by atoms with Crippen molar-refractivity contribution in [1.82, 2.24) is 24.8 Å². The van der Waals surface area contributed by atoms with Gasteiger partial charge in [-0.2, -0.15) is 0 Å². The Bertz CT molecular complexity index is 931. The Hall–Kier alpha value is -3.09. The van der Waals surface area contributed by atoms with Gasteiger partial charge in [0.15, 0.2) is 11.6 Å². The summed E-state index contributed by atoms with van der Waals surface area (Å²) in [5, 5.41) is 11.9. The summed E-state index contributed by atoms with van der Waals surface area (Å²) in [5.74, 6) is 2.86. The molecule has 0 atom stereocenters. The number of aliphatic imine (C=N–C) groups is 1. The van der Waals surface area contributed by atoms with Crippen molar-refractivity contribution < 1.29 is 4.74 Å². The third-order valence-corrected chi connectivity index (χ3v) is 5.10. The Morgan fingerprint density at radius 1 is 1.10 bits per heavy atom. The number of ether oxygens (including phenoxy) is 1. The van der Waals surface area contributed by atoms with E-state index >= 15 is 0 Å². The number of rotatable bonds is 6. The van der Waals surface area contributed by atoms with Crippen LogP contribution >= 0.6 is 0 Å². The first-order chi connectivity index (χ1) is 14.3. The van der Waals surface area contributed by atoms with Gasteiger partial charge in [0, 0.05) is 51.6 Å². The topological polar surface area (TPSA) is 67.0 Å². The first kappa shape index (κ1) is 19.2. The van der Waals surface area contributed by atoms with E-state index in [1.54, 1.807) is 0 Å². The maximum absolute atomic E-state index is 6.11. The van der Waals surface area contributed by atoms with Crippen LogP contribution in [0.25, 0.3) is 5.65 Å². The SMILES string of the molecule is CCNC(=NCCc1nnc2ccccn12)N1CCC(Oc2ccccc2)CC1. The fourth-order valence-electron chi connectivity index (χ4n) is 3.63. The number of nitrogens with one attached hydrogen (secondary N) is 1. The molecule has 3 aromatic rings. The summed E-state index contributed by atoms with van der Waals surface area (Å²) >= 11 is 0. The summed E-state index contributed by atoms with van der Waals surface area (Å²) in [7, 11) is 0. The Kier molecular flexibility index (Phi) is 6.24. The minimum absolute atomic E-state index is 0.263. The van der Waals surface area contributed by atoms with E-state index in [1.807, 2.05) is 59.1 Å². The number of benzene rings is 1. The van der Waals surface area contributed by atoms with Gasteiger partial charge >= 0.3 is 0 Å². The van der Waals surface area contributed by atoms with E-state index < -0.39 is 0 Å². The summed E-state index contributed by atoms with van der Waals surface area (Å²) in [6.45, 7) is 5.52. The molecule has 0 amide bonds. The number of piperidine rings is 1. The number of nitrogens with zero attached hydrogens (tertiary/aromatic N) is 5. The fraction of sp³-hybridized carbons (Fsp3) is 0.409. The van der Waals surface area contributed by atoms with E-state index in [1.165, 1.54) is 0 Å². The molecule has 1 N–H and O–H groups in total. The number of fused-ring (bicyclic) bond motifs is 1. The van der Waals surface area contributed by atoms with Gasteiger partial charge in [-0.05, 0) is 31.2 Å². The van der Waals surface area contributed by atoms with E-state index in [4.69, 9.17) is 9.73 Å². The van der Waals surface area contributed by atoms with E-state index in [0.717, 1.165) is 62.1 Å². The molecule has 0 saturated carbocycles. The normalized spacial score (nSPS) is 15.6. The van der Waals surface area contributed by atoms with Crippen LogP contribution < -0.4 is 10.1 Å². The van der Waals surface area contributed by atoms with Crippen LogP contribution in [-0.2, 0) is 6.42 Å². The second kappa shape index (κ2) is 9.41. The molecule has 1 aliphatic heterocycles. The van der Waals surface area contributed by atoms with Gasteiger partial charge in [0.2, 0.25) is 0 Å². The summed E-state index contributed by atoms with van der Waals surface area (Å²) in [5.41, 5.74) is 0.874. The summed E-state index contributed by atoms with van der Waals surface area (Å²) < 4.78 is 8.13. The van der Waals surface area contributed by atoms with E-state index in [0.29, 0.717) is 6.54 Å². The zero-order chi connectivity index (χ0) is 19.9. The van der Waals surface area contributed by atoms with E-state index in [2.05, 4.69) is 27.3 Å². The zero-order valence-corrected chi connectivity index (χ0v) is 16.9. The number of para-hydroxylation sites is 1. The first-order valence-electron chi connectivity index (χ1n) is 10.4. The molecule has 0 bridgehead atoms. The van der Waals surface area contributed by atoms with Crippen molar-refractivity contribution in [2.45, 2.75) is 32.3 Å². The Morgan fingerprint density at radius 3 is 2.69 bits per heavy atom. The summed E-state index contributed by atoms with van der Waals surface area (Å²) in [6.07, 6.45) is 5.01. The lowest BCUT2D eigenvalue weighted by molar-refractivity contribution is 0.129. The van der Waals surface area contributed by atoms with Crippen molar-refractivity contribution in [3.8, 4) is 5.75 Å². The van der Waals surface area contributed by atoms with Gasteiger partial charge in [0.05, 0.1) is 0 Å². The second-order valence-electron chi connectivity index (χ2n) is 7.15. The molecule has 2 aromatic heterocycles. The van der Waals surface area contributed by atoms with Crippen LogP contribution in [0.4, 0.5) is 0 Å². The highest BCUT2D eigenvalue weighted by molar-refractivity contribution is 5.80. The second-order valence-corrected chi connectivity index (χ2v) is 7.15. The third-order valence-electron chi connectivity index (χ3n) is 5.10. The van der Waals surface area contributed by atoms with Crippen LogP contribution in [0.1, 0.15) is 25.6 Å². The molecule has 29 heavy (non-hydrogen) atoms. The van der Waals surface area contributed by atoms with E-state index in [-0.39, 0.29) is 6.10 Å². The lowest BCUT2D eigenvalue weighted by Crippen LogP contribution is -2.47. The molecule has 0 spiro atoms. The molecular weight excluding hydrogens is 364 g/mol. The van der Waals surface area contributed by atoms with Crippen molar-refractivity contribution in [3.05, 3.63) is 60.6 Å². The molecule has 7 heteroatoms. The lowest BCUT2D eigenvalue weighted by Gasteiger charge is -2.34. The molecule has 152 valence electrons. The largest absolute Gasteiger partial charge is 0.490 e. The maximum Gasteiger partial charge on any atom is 0.193 e. The van der Waals surface area contributed by atoms with Gasteiger partial charge in [-0.1, -0.05) is 24.3 Å². The van der Waals surface area contributed by atoms with Crippen LogP contribution in [0.15, 0.2) is 59.7 Å². The Labute approximate surface area is 171 Å². The van der Waals surface area contributed by atoms with Crippen LogP contribution in [-0.4, -0.2) is 57.7 Å². The molecule has 3 heterocycles. The zero-order valence-electron chi connectivity index (χ0n) is 16.9. The number of guanidine groups is 1. The lowest BCUT2D eigenvalue weighted by atomic mass is 10.1. The highest BCUT2D eigenvalue weighted by atomic mass is 16.5. The predicted octanol–water partition coefficient (Wildman–Crippen LogP) is 2.78. The quantitative estimate of drug-likeness (QED) is 0.516. The Balaban J connectivity index is 1.32. The van der Waals surface area contributed by atoms with Gasteiger partial charge in [0.1, 0.15) is 17.7 Å². The number of aromatic nitrogens is 3. The van der Waals surface area contributed by atoms with Crippen molar-refractivity contribution >= 4 is 11.6 Å². The highest BCUT2D eigenvalue weighted by Gasteiger charge is 2.22. The molecule has 1 fully saturated rings. The van der Waals surface area contributed by atoms with Gasteiger partial charge < -0.3 is 15.0 Å². The fourth-order valence-corrected chi connectivity index (χ4v) is 3.63. The number of hydrogen-bond donors (Lipinski definition) is 1. The van der Waals surface area contributed by atoms with Gasteiger partial charge in [-0.25, -0.2) is 0 Å². The average Bonchev–Trinajstić information content (AvgIpc) is 3.18. The molecule has 1 saturated heterocycles. The van der Waals surface area contributed by atoms with Crippen LogP contribution in [0.2, 0.25) is 0 Å². The molecule has 0 unspecified atom stereocenters. The standard InChI is InChI=1S/C22H28N6O/c1-2-23-22(24-14-11-21-26-25-20-10-6-7-15-28(20)21)27-16-12-19(13-17-27)29-18-8-4-3-5-9-18/h3-10,15,19H,2,11-14,16-17H2,1H3,(H,23,24). The Morgan fingerprint density at radius 2 is 1.90 bits per heavy atom. The van der Waals surface area contributed by atoms with Crippen LogP contribution in [0.3, 0.4) is 0 Å². The maximum atomic E-state index is 6.11. The molecule has 0 aliphatic carbocycles. The van der Waals surface area contributed by atoms with Crippen LogP contribution in [0.5, 0.6) is 5.75 Å². The molecular formula is C22H28N6O. The van der Waals surface area contributed by atoms with Gasteiger partial charge in [0.25, 0.3) is 0 Å². The number of pyridine rings is 1. The predicted molar refractivity (Wildman–Crippen MR) is 114 cm³/mol. The van der Waals surface area contributed by atoms with Crippen molar-refractivity contribution in [2.24, 2.45) is 4.99 Å². The smallest absolute Gasteiger partial charge is 0.193 e. The number of hydrogen-bond acceptors (Lipinski definition) is 4. The molecule has 1 aromatic carbocycles. The van der Waals surface area contributed by atoms with Crippen LogP contribution in [0, 0.1) is 0 Å². The molecule has 7 nitrogen and oxygen atoms in total. The molecule has 0 radical (unpaired) electrons. The third kappa shape index (κ3) is 4.85. The van der Waals surface area contributed by atoms with Gasteiger partial charge in [-0.15, -0.1) is 10.2 Å². The monoisotopic (exact) mass is 392 g/mol. The van der Waals surface area contributed by atoms with Crippen molar-refractivity contribution in [1.29, 1.82) is 0 Å². The van der Waals surface area contributed by atoms with Crippen molar-refractivity contribution in [3.63, 3.8) is 0 Å². The minimum atomic E-state index is 0.263. The van der Waals surface area contributed by atoms with Gasteiger partial charge in [-0.3, -0.25) is 9.39 Å². The molecule has 4 rings (SSSR count). The summed E-state index contributed by atoms with van der Waals surface area (Å²) in [6, 6.07) is 16.0. The van der Waals surface area contributed by atoms with E-state index in [9.17, 15) is 0 Å². The first-order valence-corrected chi connectivity index (χ1v) is 10.4. The number of likely N-dealkylation sites (tertiary alicyclic amines) is 1. The average molecular weight is 393 g/mol. The summed E-state index contributed by atoms with van der Waals surface area (Å²) in [4.78, 5) is 7.17. The van der Waals surface area contributed by atoms with Crippen molar-refractivity contribution in [2.75, 3.05) is 26.2 Å².